The van der Waals surface area contributed by atoms with Crippen LogP contribution in [0.2, 0.25) is 0 Å². The Bertz CT molecular complexity index is 3340. The zero-order valence-electron chi connectivity index (χ0n) is 33.1. The average molecular weight is 796 g/mol. The van der Waals surface area contributed by atoms with Crippen molar-refractivity contribution < 1.29 is 0 Å². The third-order valence-corrected chi connectivity index (χ3v) is 12.7. The lowest BCUT2D eigenvalue weighted by atomic mass is 9.80. The van der Waals surface area contributed by atoms with E-state index in [1.165, 1.54) is 31.3 Å². The van der Waals surface area contributed by atoms with Gasteiger partial charge in [-0.3, -0.25) is 0 Å². The third kappa shape index (κ3) is 6.51. The zero-order chi connectivity index (χ0) is 40.5. The van der Waals surface area contributed by atoms with Gasteiger partial charge >= 0.3 is 0 Å². The van der Waals surface area contributed by atoms with Gasteiger partial charge in [0.1, 0.15) is 11.4 Å². The monoisotopic (exact) mass is 795 g/mol. The largest absolute Gasteiger partial charge is 0.135 e. The number of benzene rings is 9. The zero-order valence-corrected chi connectivity index (χ0v) is 33.9. The lowest BCUT2D eigenvalue weighted by Gasteiger charge is -2.23. The molecule has 0 amide bonds. The molecular weight excluding hydrogens is 759 g/mol. The van der Waals surface area contributed by atoms with Crippen LogP contribution >= 0.6 is 11.3 Å². The normalized spacial score (nSPS) is 11.3. The summed E-state index contributed by atoms with van der Waals surface area (Å²) in [4.78, 5) is 0. The van der Waals surface area contributed by atoms with Crippen LogP contribution in [0, 0.1) is 0 Å². The van der Waals surface area contributed by atoms with Gasteiger partial charge in [-0.05, 0) is 67.4 Å². The predicted molar refractivity (Wildman–Crippen MR) is 256 cm³/mol. The Kier molecular flexibility index (Phi) is 9.38. The summed E-state index contributed by atoms with van der Waals surface area (Å²) < 4.78 is 2.47. The van der Waals surface area contributed by atoms with Crippen molar-refractivity contribution in [2.75, 3.05) is 0 Å². The van der Waals surface area contributed by atoms with Gasteiger partial charge in [0.15, 0.2) is 0 Å². The van der Waals surface area contributed by atoms with Gasteiger partial charge in [0.05, 0.1) is 0 Å². The highest BCUT2D eigenvalue weighted by molar-refractivity contribution is 7.26. The number of hydrogen-bond acceptors (Lipinski definition) is 4. The van der Waals surface area contributed by atoms with Gasteiger partial charge in [-0.15, -0.1) is 21.5 Å². The van der Waals surface area contributed by atoms with Crippen LogP contribution in [0.1, 0.15) is 0 Å². The molecule has 0 unspecified atom stereocenters. The minimum Gasteiger partial charge on any atom is -0.135 e. The molecule has 0 spiro atoms. The molecule has 11 rings (SSSR count). The Hall–Kier alpha value is -7.79. The summed E-state index contributed by atoms with van der Waals surface area (Å²) >= 11 is 1.84. The van der Waals surface area contributed by atoms with Gasteiger partial charge in [-0.25, -0.2) is 0 Å². The fraction of sp³-hybridized carbons (Fsp3) is 0. The third-order valence-electron chi connectivity index (χ3n) is 11.6. The number of fused-ring (bicyclic) bond motifs is 3. The molecule has 0 aliphatic carbocycles. The maximum absolute atomic E-state index is 5.05. The molecule has 61 heavy (non-hydrogen) atoms. The molecule has 0 atom stereocenters. The molecule has 0 saturated heterocycles. The lowest BCUT2D eigenvalue weighted by Crippen LogP contribution is -2.02. The molecule has 3 nitrogen and oxygen atoms in total. The van der Waals surface area contributed by atoms with Crippen LogP contribution in [0.15, 0.2) is 224 Å². The summed E-state index contributed by atoms with van der Waals surface area (Å²) in [6, 6.07) is 80.1. The fourth-order valence-corrected chi connectivity index (χ4v) is 10.0. The van der Waals surface area contributed by atoms with E-state index in [2.05, 4.69) is 224 Å². The number of thiophene rings is 1. The van der Waals surface area contributed by atoms with E-state index in [0.717, 1.165) is 78.1 Å². The first-order chi connectivity index (χ1) is 30.3. The molecule has 4 heteroatoms. The fourth-order valence-electron chi connectivity index (χ4n) is 8.91. The van der Waals surface area contributed by atoms with Crippen molar-refractivity contribution in [1.82, 2.24) is 15.4 Å². The Morgan fingerprint density at radius 1 is 0.262 bits per heavy atom. The highest BCUT2D eigenvalue weighted by atomic mass is 32.1. The molecule has 0 saturated carbocycles. The molecule has 0 aliphatic heterocycles. The highest BCUT2D eigenvalue weighted by Gasteiger charge is 2.28. The van der Waals surface area contributed by atoms with Crippen molar-refractivity contribution in [2.45, 2.75) is 0 Å². The minimum absolute atomic E-state index is 0.771. The van der Waals surface area contributed by atoms with Crippen LogP contribution < -0.4 is 0 Å². The van der Waals surface area contributed by atoms with Crippen molar-refractivity contribution in [3.05, 3.63) is 224 Å². The molecule has 0 fully saturated rings. The van der Waals surface area contributed by atoms with E-state index in [0.29, 0.717) is 0 Å². The van der Waals surface area contributed by atoms with Crippen LogP contribution in [-0.2, 0) is 0 Å². The van der Waals surface area contributed by atoms with Gasteiger partial charge in [0, 0.05) is 48.0 Å². The van der Waals surface area contributed by atoms with Crippen molar-refractivity contribution in [3.8, 4) is 89.3 Å². The maximum atomic E-state index is 5.05. The number of rotatable bonds is 8. The molecule has 0 radical (unpaired) electrons. The van der Waals surface area contributed by atoms with Gasteiger partial charge in [-0.1, -0.05) is 212 Å². The van der Waals surface area contributed by atoms with E-state index >= 15 is 0 Å². The van der Waals surface area contributed by atoms with E-state index in [1.807, 2.05) is 17.4 Å². The quantitative estimate of drug-likeness (QED) is 0.154. The van der Waals surface area contributed by atoms with Gasteiger partial charge in [0.2, 0.25) is 0 Å². The van der Waals surface area contributed by atoms with Crippen molar-refractivity contribution in [3.63, 3.8) is 0 Å². The Morgan fingerprint density at radius 3 is 1.34 bits per heavy atom. The summed E-state index contributed by atoms with van der Waals surface area (Å²) in [7, 11) is 0. The lowest BCUT2D eigenvalue weighted by molar-refractivity contribution is 0.879. The number of nitrogens with zero attached hydrogens (tertiary/aromatic N) is 3. The molecule has 0 aliphatic rings. The van der Waals surface area contributed by atoms with Crippen LogP contribution in [0.5, 0.6) is 0 Å². The smallest absolute Gasteiger partial charge is 0.105 e. The second-order valence-corrected chi connectivity index (χ2v) is 16.2. The van der Waals surface area contributed by atoms with Crippen molar-refractivity contribution in [1.29, 1.82) is 0 Å². The van der Waals surface area contributed by atoms with E-state index in [-0.39, 0.29) is 0 Å². The molecule has 286 valence electrons. The Morgan fingerprint density at radius 2 is 0.721 bits per heavy atom. The minimum atomic E-state index is 0.771. The summed E-state index contributed by atoms with van der Waals surface area (Å²) in [6.07, 6.45) is 0. The van der Waals surface area contributed by atoms with Gasteiger partial charge in [0.25, 0.3) is 0 Å². The van der Waals surface area contributed by atoms with Gasteiger partial charge < -0.3 is 0 Å². The highest BCUT2D eigenvalue weighted by Crippen LogP contribution is 2.53. The Labute approximate surface area is 358 Å². The van der Waals surface area contributed by atoms with Crippen molar-refractivity contribution >= 4 is 31.5 Å². The first-order valence-electron chi connectivity index (χ1n) is 20.5. The topological polar surface area (TPSA) is 38.7 Å². The van der Waals surface area contributed by atoms with Crippen LogP contribution in [-0.4, -0.2) is 15.4 Å². The summed E-state index contributed by atoms with van der Waals surface area (Å²) in [5, 5.41) is 16.8. The predicted octanol–water partition coefficient (Wildman–Crippen LogP) is 15.6. The molecule has 11 aromatic rings. The summed E-state index contributed by atoms with van der Waals surface area (Å²) in [5.74, 6) is 0. The second-order valence-electron chi connectivity index (χ2n) is 15.1. The molecule has 2 aromatic heterocycles. The molecule has 0 N–H and O–H groups in total. The summed E-state index contributed by atoms with van der Waals surface area (Å²) in [5.41, 5.74) is 16.9. The second kappa shape index (κ2) is 15.8. The Balaban J connectivity index is 1.34. The first kappa shape index (κ1) is 36.3. The van der Waals surface area contributed by atoms with E-state index in [9.17, 15) is 0 Å². The molecular formula is C57H37N3S. The standard InChI is InChI=1S/C57H37N3S/c1-5-20-38(21-6-1)42-28-13-15-30-44(42)46-33-19-34-49(57-52(40-24-9-3-10-25-40)56(58-60-59-57)41-26-11-4-12-27-41)53(46)55-47(36-37-51-54(55)48-32-17-18-35-50(48)61-51)45-31-16-14-29-43(45)39-22-7-2-8-23-39/h1-37H. The first-order valence-corrected chi connectivity index (χ1v) is 21.4. The molecule has 0 bridgehead atoms. The number of hydrogen-bond donors (Lipinski definition) is 0. The van der Waals surface area contributed by atoms with Crippen LogP contribution in [0.25, 0.3) is 109 Å². The van der Waals surface area contributed by atoms with Crippen LogP contribution in [0.4, 0.5) is 0 Å². The SMILES string of the molecule is c1ccc(-c2ccccc2-c2cccc(-c3nnnc(-c4ccccc4)c3-c3ccccc3)c2-c2c(-c3ccccc3-c3ccccc3)ccc3sc4ccccc4c23)cc1. The maximum Gasteiger partial charge on any atom is 0.105 e. The van der Waals surface area contributed by atoms with E-state index in [1.54, 1.807) is 0 Å². The van der Waals surface area contributed by atoms with Gasteiger partial charge in [-0.2, -0.15) is 0 Å². The molecule has 2 heterocycles. The van der Waals surface area contributed by atoms with E-state index < -0.39 is 0 Å². The number of aromatic nitrogens is 3. The summed E-state index contributed by atoms with van der Waals surface area (Å²) in [6.45, 7) is 0. The van der Waals surface area contributed by atoms with Crippen molar-refractivity contribution in [2.24, 2.45) is 0 Å². The average Bonchev–Trinajstić information content (AvgIpc) is 3.73. The molecule has 9 aromatic carbocycles. The van der Waals surface area contributed by atoms with Crippen LogP contribution in [0.3, 0.4) is 0 Å². The van der Waals surface area contributed by atoms with E-state index in [4.69, 9.17) is 10.2 Å².